The molecule has 2 fully saturated rings. The van der Waals surface area contributed by atoms with E-state index in [9.17, 15) is 9.50 Å². The van der Waals surface area contributed by atoms with Gasteiger partial charge in [0.1, 0.15) is 5.83 Å². The van der Waals surface area contributed by atoms with Crippen molar-refractivity contribution >= 4 is 8.32 Å². The molecular formula is C27H43FO2Si. The van der Waals surface area contributed by atoms with Gasteiger partial charge in [0.2, 0.25) is 0 Å². The molecule has 0 spiro atoms. The topological polar surface area (TPSA) is 29.5 Å². The molecule has 31 heavy (non-hydrogen) atoms. The fourth-order valence-corrected chi connectivity index (χ4v) is 8.51. The van der Waals surface area contributed by atoms with E-state index in [0.29, 0.717) is 23.9 Å². The average molecular weight is 447 g/mol. The van der Waals surface area contributed by atoms with Crippen molar-refractivity contribution in [2.75, 3.05) is 6.61 Å². The third-order valence-corrected chi connectivity index (χ3v) is 14.6. The van der Waals surface area contributed by atoms with Gasteiger partial charge in [-0.25, -0.2) is 4.39 Å². The lowest BCUT2D eigenvalue weighted by Gasteiger charge is -2.57. The molecule has 174 valence electrons. The van der Waals surface area contributed by atoms with Crippen molar-refractivity contribution < 1.29 is 13.9 Å². The second kappa shape index (κ2) is 7.67. The Balaban J connectivity index is 1.56. The molecule has 0 aromatic rings. The number of aliphatic hydroxyl groups is 1. The summed E-state index contributed by atoms with van der Waals surface area (Å²) in [6, 6.07) is 0. The van der Waals surface area contributed by atoms with E-state index >= 15 is 0 Å². The van der Waals surface area contributed by atoms with Crippen molar-refractivity contribution in [1.82, 2.24) is 0 Å². The Hall–Kier alpha value is -0.713. The highest BCUT2D eigenvalue weighted by atomic mass is 28.4. The lowest BCUT2D eigenvalue weighted by Crippen LogP contribution is -2.51. The number of fused-ring (bicyclic) bond motifs is 5. The van der Waals surface area contributed by atoms with Crippen LogP contribution >= 0.6 is 0 Å². The van der Waals surface area contributed by atoms with Gasteiger partial charge in [-0.05, 0) is 85.4 Å². The van der Waals surface area contributed by atoms with E-state index < -0.39 is 14.9 Å². The van der Waals surface area contributed by atoms with Crippen LogP contribution in [0.2, 0.25) is 18.1 Å². The van der Waals surface area contributed by atoms with Crippen LogP contribution in [0, 0.1) is 28.6 Å². The highest BCUT2D eigenvalue weighted by Gasteiger charge is 2.56. The molecule has 4 aliphatic rings. The van der Waals surface area contributed by atoms with Crippen molar-refractivity contribution in [2.24, 2.45) is 28.6 Å². The number of rotatable bonds is 3. The predicted molar refractivity (Wildman–Crippen MR) is 129 cm³/mol. The van der Waals surface area contributed by atoms with Crippen LogP contribution in [0.3, 0.4) is 0 Å². The molecule has 0 bridgehead atoms. The van der Waals surface area contributed by atoms with E-state index in [1.54, 1.807) is 5.57 Å². The fourth-order valence-electron chi connectivity index (χ4n) is 7.12. The first-order valence-electron chi connectivity index (χ1n) is 12.4. The number of aliphatic hydroxyl groups excluding tert-OH is 1. The van der Waals surface area contributed by atoms with Crippen LogP contribution in [0.1, 0.15) is 73.1 Å². The lowest BCUT2D eigenvalue weighted by atomic mass is 9.47. The Kier molecular flexibility index (Phi) is 5.80. The number of hydrogen-bond donors (Lipinski definition) is 1. The summed E-state index contributed by atoms with van der Waals surface area (Å²) in [5.41, 5.74) is 2.49. The molecule has 2 nitrogen and oxygen atoms in total. The van der Waals surface area contributed by atoms with Crippen LogP contribution in [0.15, 0.2) is 35.2 Å². The minimum atomic E-state index is -1.75. The van der Waals surface area contributed by atoms with Gasteiger partial charge in [0.25, 0.3) is 0 Å². The SMILES string of the molecule is CC(C)(C)[Si](C)(C)O[C@H]1CC[C@@]2(C)C(=CC[C@@H]3[C@@H]2CC[C@]2(C)/C(=C(/F)CO)C=C[C@@H]32)C1. The number of halogens is 1. The first-order chi connectivity index (χ1) is 14.3. The molecule has 0 saturated heterocycles. The highest BCUT2D eigenvalue weighted by molar-refractivity contribution is 6.74. The second-order valence-corrected chi connectivity index (χ2v) is 17.5. The van der Waals surface area contributed by atoms with Crippen LogP contribution in [0.4, 0.5) is 4.39 Å². The molecule has 0 unspecified atom stereocenters. The predicted octanol–water partition coefficient (Wildman–Crippen LogP) is 7.33. The quantitative estimate of drug-likeness (QED) is 0.363. The second-order valence-electron chi connectivity index (χ2n) is 12.7. The maximum atomic E-state index is 14.4. The van der Waals surface area contributed by atoms with E-state index in [1.807, 2.05) is 6.08 Å². The van der Waals surface area contributed by atoms with Crippen LogP contribution in [-0.2, 0) is 4.43 Å². The van der Waals surface area contributed by atoms with Crippen molar-refractivity contribution in [3.05, 3.63) is 35.2 Å². The van der Waals surface area contributed by atoms with Crippen molar-refractivity contribution in [1.29, 1.82) is 0 Å². The molecule has 0 aromatic carbocycles. The molecule has 0 heterocycles. The molecule has 1 N–H and O–H groups in total. The fraction of sp³-hybridized carbons (Fsp3) is 0.778. The van der Waals surface area contributed by atoms with Gasteiger partial charge in [-0.1, -0.05) is 58.4 Å². The van der Waals surface area contributed by atoms with Gasteiger partial charge in [0.15, 0.2) is 8.32 Å². The third-order valence-electron chi connectivity index (χ3n) is 10.1. The minimum Gasteiger partial charge on any atom is -0.414 e. The van der Waals surface area contributed by atoms with Crippen molar-refractivity contribution in [3.8, 4) is 0 Å². The van der Waals surface area contributed by atoms with Crippen molar-refractivity contribution in [3.63, 3.8) is 0 Å². The summed E-state index contributed by atoms with van der Waals surface area (Å²) in [4.78, 5) is 0. The Morgan fingerprint density at radius 2 is 1.87 bits per heavy atom. The Morgan fingerprint density at radius 1 is 1.19 bits per heavy atom. The van der Waals surface area contributed by atoms with Gasteiger partial charge in [-0.3, -0.25) is 0 Å². The third kappa shape index (κ3) is 3.65. The lowest BCUT2D eigenvalue weighted by molar-refractivity contribution is -0.0145. The normalized spacial score (nSPS) is 41.9. The van der Waals surface area contributed by atoms with Crippen molar-refractivity contribution in [2.45, 2.75) is 97.4 Å². The van der Waals surface area contributed by atoms with Gasteiger partial charge in [0.05, 0.1) is 6.61 Å². The molecule has 0 aromatic heterocycles. The zero-order valence-electron chi connectivity index (χ0n) is 20.7. The van der Waals surface area contributed by atoms with E-state index in [2.05, 4.69) is 59.9 Å². The number of allylic oxidation sites excluding steroid dienone is 4. The first-order valence-corrected chi connectivity index (χ1v) is 15.3. The first kappa shape index (κ1) is 23.4. The summed E-state index contributed by atoms with van der Waals surface area (Å²) < 4.78 is 21.3. The van der Waals surface area contributed by atoms with Gasteiger partial charge in [0, 0.05) is 11.5 Å². The molecule has 0 amide bonds. The largest absolute Gasteiger partial charge is 0.414 e. The van der Waals surface area contributed by atoms with Crippen LogP contribution in [0.25, 0.3) is 0 Å². The molecule has 4 heteroatoms. The van der Waals surface area contributed by atoms with Gasteiger partial charge >= 0.3 is 0 Å². The molecule has 4 aliphatic carbocycles. The molecule has 0 radical (unpaired) electrons. The summed E-state index contributed by atoms with van der Waals surface area (Å²) in [5, 5.41) is 9.65. The molecular weight excluding hydrogens is 403 g/mol. The monoisotopic (exact) mass is 446 g/mol. The average Bonchev–Trinajstić information content (AvgIpc) is 3.04. The van der Waals surface area contributed by atoms with E-state index in [1.165, 1.54) is 6.42 Å². The molecule has 2 saturated carbocycles. The Bertz CT molecular complexity index is 820. The van der Waals surface area contributed by atoms with Gasteiger partial charge < -0.3 is 9.53 Å². The smallest absolute Gasteiger partial charge is 0.192 e. The van der Waals surface area contributed by atoms with Crippen LogP contribution in [0.5, 0.6) is 0 Å². The summed E-state index contributed by atoms with van der Waals surface area (Å²) in [5.74, 6) is 1.29. The summed E-state index contributed by atoms with van der Waals surface area (Å²) in [6.07, 6.45) is 13.9. The standard InChI is InChI=1S/C27H43FO2Si/c1-25(2,3)31(6,7)30-19-12-14-26(4)18(16-19)8-9-20-21-10-11-23(24(28)17-29)27(21,5)15-13-22(20)26/h8,10-11,19-22,29H,9,12-17H2,1-7H3/b24-23+/t19-,20-,21-,22-,26-,27-/m0/s1. The summed E-state index contributed by atoms with van der Waals surface area (Å²) in [7, 11) is -1.75. The van der Waals surface area contributed by atoms with E-state index in [0.717, 1.165) is 37.7 Å². The van der Waals surface area contributed by atoms with E-state index in [4.69, 9.17) is 4.43 Å². The Labute approximate surface area is 190 Å². The maximum absolute atomic E-state index is 14.4. The van der Waals surface area contributed by atoms with Gasteiger partial charge in [-0.15, -0.1) is 0 Å². The summed E-state index contributed by atoms with van der Waals surface area (Å²) in [6.45, 7) is 16.0. The number of hydrogen-bond acceptors (Lipinski definition) is 2. The molecule has 4 rings (SSSR count). The summed E-state index contributed by atoms with van der Waals surface area (Å²) >= 11 is 0. The Morgan fingerprint density at radius 3 is 2.52 bits per heavy atom. The van der Waals surface area contributed by atoms with E-state index in [-0.39, 0.29) is 21.7 Å². The van der Waals surface area contributed by atoms with Crippen LogP contribution in [-0.4, -0.2) is 26.1 Å². The van der Waals surface area contributed by atoms with Gasteiger partial charge in [-0.2, -0.15) is 0 Å². The molecule has 0 aliphatic heterocycles. The zero-order valence-corrected chi connectivity index (χ0v) is 21.7. The molecule has 6 atom stereocenters. The van der Waals surface area contributed by atoms with Crippen LogP contribution < -0.4 is 0 Å². The zero-order chi connectivity index (χ0) is 22.8. The minimum absolute atomic E-state index is 0.154. The maximum Gasteiger partial charge on any atom is 0.192 e. The highest BCUT2D eigenvalue weighted by Crippen LogP contribution is 2.65.